The number of allylic oxidation sites excluding steroid dienone is 4. The first-order chi connectivity index (χ1) is 4.93. The first-order valence-corrected chi connectivity index (χ1v) is 4.21. The summed E-state index contributed by atoms with van der Waals surface area (Å²) in [5.74, 6) is 0. The maximum absolute atomic E-state index is 3.37. The predicted molar refractivity (Wildman–Crippen MR) is 49.2 cm³/mol. The van der Waals surface area contributed by atoms with Crippen molar-refractivity contribution in [1.29, 1.82) is 0 Å². The van der Waals surface area contributed by atoms with Gasteiger partial charge in [-0.05, 0) is 42.9 Å². The van der Waals surface area contributed by atoms with E-state index in [1.165, 1.54) is 16.7 Å². The first-order valence-electron chi connectivity index (χ1n) is 4.21. The summed E-state index contributed by atoms with van der Waals surface area (Å²) in [6.45, 7) is 11.2. The van der Waals surface area contributed by atoms with Gasteiger partial charge in [0.15, 0.2) is 0 Å². The molecule has 0 aliphatic heterocycles. The van der Waals surface area contributed by atoms with E-state index in [1.807, 2.05) is 0 Å². The smallest absolute Gasteiger partial charge is 0.00581 e. The molecule has 0 aromatic heterocycles. The first kappa shape index (κ1) is 8.58. The Morgan fingerprint density at radius 3 is 1.91 bits per heavy atom. The summed E-state index contributed by atoms with van der Waals surface area (Å²) in [7, 11) is 0. The molecule has 0 unspecified atom stereocenters. The van der Waals surface area contributed by atoms with Crippen molar-refractivity contribution < 1.29 is 0 Å². The lowest BCUT2D eigenvalue weighted by Gasteiger charge is -2.23. The molecule has 1 rings (SSSR count). The highest BCUT2D eigenvalue weighted by Crippen LogP contribution is 2.38. The molecule has 61 valence electrons. The molecule has 1 radical (unpaired) electrons. The standard InChI is InChI=1S/C11H17/c1-8-6-7-9(2)10(8)11(3,4)5/h6H2,1-5H3. The minimum atomic E-state index is 0.303. The van der Waals surface area contributed by atoms with Crippen LogP contribution < -0.4 is 0 Å². The normalized spacial score (nSPS) is 19.2. The second-order valence-corrected chi connectivity index (χ2v) is 4.38. The Hall–Kier alpha value is -0.520. The van der Waals surface area contributed by atoms with Crippen molar-refractivity contribution in [3.8, 4) is 0 Å². The monoisotopic (exact) mass is 149 g/mol. The molecule has 0 heteroatoms. The number of hydrogen-bond donors (Lipinski definition) is 0. The van der Waals surface area contributed by atoms with Crippen LogP contribution in [0.15, 0.2) is 16.7 Å². The third-order valence-corrected chi connectivity index (χ3v) is 2.17. The molecule has 0 nitrogen and oxygen atoms in total. The van der Waals surface area contributed by atoms with Crippen LogP contribution in [0.5, 0.6) is 0 Å². The Labute approximate surface area is 70.0 Å². The van der Waals surface area contributed by atoms with Crippen molar-refractivity contribution in [3.63, 3.8) is 0 Å². The molecular formula is C11H17. The van der Waals surface area contributed by atoms with Crippen molar-refractivity contribution in [2.75, 3.05) is 0 Å². The van der Waals surface area contributed by atoms with Gasteiger partial charge in [0, 0.05) is 0 Å². The molecule has 0 aromatic carbocycles. The Morgan fingerprint density at radius 2 is 1.73 bits per heavy atom. The van der Waals surface area contributed by atoms with Crippen molar-refractivity contribution in [1.82, 2.24) is 0 Å². The molecule has 0 aromatic rings. The third kappa shape index (κ3) is 1.55. The second-order valence-electron chi connectivity index (χ2n) is 4.38. The molecule has 1 aliphatic carbocycles. The van der Waals surface area contributed by atoms with Crippen LogP contribution in [-0.2, 0) is 0 Å². The summed E-state index contributed by atoms with van der Waals surface area (Å²) < 4.78 is 0. The third-order valence-electron chi connectivity index (χ3n) is 2.17. The summed E-state index contributed by atoms with van der Waals surface area (Å²) in [6.07, 6.45) is 4.41. The van der Waals surface area contributed by atoms with Gasteiger partial charge < -0.3 is 0 Å². The van der Waals surface area contributed by atoms with Gasteiger partial charge in [-0.25, -0.2) is 0 Å². The fraction of sp³-hybridized carbons (Fsp3) is 0.636. The zero-order valence-electron chi connectivity index (χ0n) is 8.21. The highest BCUT2D eigenvalue weighted by molar-refractivity contribution is 5.41. The molecule has 0 atom stereocenters. The highest BCUT2D eigenvalue weighted by Gasteiger charge is 2.23. The van der Waals surface area contributed by atoms with Gasteiger partial charge in [0.2, 0.25) is 0 Å². The molecular weight excluding hydrogens is 132 g/mol. The molecule has 0 saturated carbocycles. The van der Waals surface area contributed by atoms with E-state index in [9.17, 15) is 0 Å². The molecule has 0 N–H and O–H groups in total. The topological polar surface area (TPSA) is 0 Å². The van der Waals surface area contributed by atoms with Crippen molar-refractivity contribution in [2.45, 2.75) is 41.0 Å². The minimum absolute atomic E-state index is 0.303. The SMILES string of the molecule is CC1=[C]CC(C)=C1C(C)(C)C. The van der Waals surface area contributed by atoms with Crippen LogP contribution >= 0.6 is 0 Å². The largest absolute Gasteiger partial charge is 0.0649 e. The summed E-state index contributed by atoms with van der Waals surface area (Å²) in [5.41, 5.74) is 4.67. The van der Waals surface area contributed by atoms with Gasteiger partial charge in [-0.3, -0.25) is 0 Å². The fourth-order valence-electron chi connectivity index (χ4n) is 1.96. The van der Waals surface area contributed by atoms with Crippen LogP contribution in [0, 0.1) is 11.5 Å². The molecule has 0 spiro atoms. The van der Waals surface area contributed by atoms with Gasteiger partial charge in [0.1, 0.15) is 0 Å². The second kappa shape index (κ2) is 2.51. The number of hydrogen-bond acceptors (Lipinski definition) is 0. The van der Waals surface area contributed by atoms with Gasteiger partial charge in [-0.1, -0.05) is 26.3 Å². The zero-order valence-corrected chi connectivity index (χ0v) is 8.21. The Morgan fingerprint density at radius 1 is 1.18 bits per heavy atom. The van der Waals surface area contributed by atoms with E-state index in [4.69, 9.17) is 0 Å². The zero-order chi connectivity index (χ0) is 8.65. The van der Waals surface area contributed by atoms with Gasteiger partial charge in [-0.2, -0.15) is 0 Å². The average molecular weight is 149 g/mol. The van der Waals surface area contributed by atoms with Crippen LogP contribution in [0.4, 0.5) is 0 Å². The van der Waals surface area contributed by atoms with Crippen LogP contribution in [-0.4, -0.2) is 0 Å². The van der Waals surface area contributed by atoms with Gasteiger partial charge in [0.25, 0.3) is 0 Å². The molecule has 11 heavy (non-hydrogen) atoms. The van der Waals surface area contributed by atoms with Gasteiger partial charge in [0.05, 0.1) is 0 Å². The fourth-order valence-corrected chi connectivity index (χ4v) is 1.96. The minimum Gasteiger partial charge on any atom is -0.0649 e. The van der Waals surface area contributed by atoms with Gasteiger partial charge in [-0.15, -0.1) is 0 Å². The van der Waals surface area contributed by atoms with Crippen molar-refractivity contribution in [3.05, 3.63) is 22.8 Å². The Kier molecular flexibility index (Phi) is 1.96. The van der Waals surface area contributed by atoms with Crippen LogP contribution in [0.3, 0.4) is 0 Å². The van der Waals surface area contributed by atoms with E-state index < -0.39 is 0 Å². The van der Waals surface area contributed by atoms with E-state index in [2.05, 4.69) is 40.7 Å². The molecule has 0 saturated heterocycles. The highest BCUT2D eigenvalue weighted by atomic mass is 14.3. The van der Waals surface area contributed by atoms with E-state index in [0.29, 0.717) is 5.41 Å². The molecule has 0 fully saturated rings. The average Bonchev–Trinajstić information content (AvgIpc) is 2.08. The van der Waals surface area contributed by atoms with Crippen LogP contribution in [0.1, 0.15) is 41.0 Å². The van der Waals surface area contributed by atoms with E-state index in [-0.39, 0.29) is 0 Å². The van der Waals surface area contributed by atoms with E-state index >= 15 is 0 Å². The predicted octanol–water partition coefficient (Wildman–Crippen LogP) is 3.50. The van der Waals surface area contributed by atoms with E-state index in [0.717, 1.165) is 6.42 Å². The maximum Gasteiger partial charge on any atom is -0.00581 e. The Balaban J connectivity index is 3.03. The van der Waals surface area contributed by atoms with Crippen LogP contribution in [0.25, 0.3) is 0 Å². The lowest BCUT2D eigenvalue weighted by molar-refractivity contribution is 0.507. The van der Waals surface area contributed by atoms with Gasteiger partial charge >= 0.3 is 0 Å². The van der Waals surface area contributed by atoms with E-state index in [1.54, 1.807) is 0 Å². The molecule has 0 amide bonds. The summed E-state index contributed by atoms with van der Waals surface area (Å²) in [4.78, 5) is 0. The summed E-state index contributed by atoms with van der Waals surface area (Å²) in [6, 6.07) is 0. The summed E-state index contributed by atoms with van der Waals surface area (Å²) >= 11 is 0. The summed E-state index contributed by atoms with van der Waals surface area (Å²) in [5, 5.41) is 0. The Bertz CT molecular complexity index is 221. The maximum atomic E-state index is 3.37. The number of rotatable bonds is 0. The van der Waals surface area contributed by atoms with Crippen molar-refractivity contribution in [2.24, 2.45) is 5.41 Å². The lowest BCUT2D eigenvalue weighted by atomic mass is 9.82. The molecule has 0 bridgehead atoms. The lowest BCUT2D eigenvalue weighted by Crippen LogP contribution is -2.10. The molecule has 0 heterocycles. The quantitative estimate of drug-likeness (QED) is 0.494. The molecule has 1 aliphatic rings. The van der Waals surface area contributed by atoms with Crippen LogP contribution in [0.2, 0.25) is 0 Å². The van der Waals surface area contributed by atoms with Crippen molar-refractivity contribution >= 4 is 0 Å².